The quantitative estimate of drug-likeness (QED) is 0.158. The van der Waals surface area contributed by atoms with Crippen LogP contribution in [0.3, 0.4) is 0 Å². The highest BCUT2D eigenvalue weighted by molar-refractivity contribution is 6.00. The first-order valence-electron chi connectivity index (χ1n) is 17.0. The molecular formula is C36H53N5O5. The molecule has 0 bridgehead atoms. The lowest BCUT2D eigenvalue weighted by molar-refractivity contribution is -0.116. The second-order valence-electron chi connectivity index (χ2n) is 13.3. The Morgan fingerprint density at radius 3 is 2.41 bits per heavy atom. The molecule has 2 aromatic carbocycles. The molecular weight excluding hydrogens is 582 g/mol. The number of ether oxygens (including phenoxy) is 1. The van der Waals surface area contributed by atoms with Crippen molar-refractivity contribution in [2.45, 2.75) is 90.2 Å². The predicted octanol–water partition coefficient (Wildman–Crippen LogP) is 5.53. The molecule has 252 valence electrons. The van der Waals surface area contributed by atoms with Gasteiger partial charge in [-0.1, -0.05) is 44.7 Å². The van der Waals surface area contributed by atoms with E-state index in [4.69, 9.17) is 10.5 Å². The van der Waals surface area contributed by atoms with Crippen molar-refractivity contribution in [2.75, 3.05) is 49.7 Å². The normalized spacial score (nSPS) is 19.5. The SMILES string of the molecule is C[C@H](CO)N1C[C@H](C)[C@@H](CN(C)CC2CCCCC2)Oc2ccc(NC(=O)CCCCCC(=O)Nc3ccccc3N)cc2C1=O. The molecule has 0 aromatic heterocycles. The van der Waals surface area contributed by atoms with Crippen LogP contribution in [0.15, 0.2) is 42.5 Å². The molecule has 2 aromatic rings. The summed E-state index contributed by atoms with van der Waals surface area (Å²) in [6.45, 7) is 6.07. The Morgan fingerprint density at radius 1 is 1.02 bits per heavy atom. The van der Waals surface area contributed by atoms with Crippen LogP contribution in [-0.4, -0.2) is 78.1 Å². The maximum Gasteiger partial charge on any atom is 0.258 e. The number of para-hydroxylation sites is 2. The molecule has 0 spiro atoms. The summed E-state index contributed by atoms with van der Waals surface area (Å²) in [6, 6.07) is 12.0. The molecule has 2 aliphatic rings. The summed E-state index contributed by atoms with van der Waals surface area (Å²) in [7, 11) is 2.15. The van der Waals surface area contributed by atoms with E-state index in [1.165, 1.54) is 32.1 Å². The van der Waals surface area contributed by atoms with Crippen molar-refractivity contribution < 1.29 is 24.2 Å². The van der Waals surface area contributed by atoms with E-state index in [0.717, 1.165) is 19.5 Å². The van der Waals surface area contributed by atoms with Crippen molar-refractivity contribution in [3.05, 3.63) is 48.0 Å². The summed E-state index contributed by atoms with van der Waals surface area (Å²) in [4.78, 5) is 42.9. The van der Waals surface area contributed by atoms with Crippen molar-refractivity contribution in [3.63, 3.8) is 0 Å². The average Bonchev–Trinajstić information content (AvgIpc) is 3.04. The number of likely N-dealkylation sites (N-methyl/N-ethyl adjacent to an activating group) is 1. The summed E-state index contributed by atoms with van der Waals surface area (Å²) in [5, 5.41) is 15.7. The van der Waals surface area contributed by atoms with Crippen LogP contribution in [0.25, 0.3) is 0 Å². The third-order valence-corrected chi connectivity index (χ3v) is 9.28. The first kappa shape index (κ1) is 35.2. The number of aliphatic hydroxyl groups excluding tert-OH is 1. The number of carbonyl (C=O) groups excluding carboxylic acids is 3. The van der Waals surface area contributed by atoms with E-state index in [0.29, 0.717) is 66.5 Å². The van der Waals surface area contributed by atoms with Gasteiger partial charge in [0.1, 0.15) is 11.9 Å². The van der Waals surface area contributed by atoms with Crippen LogP contribution < -0.4 is 21.1 Å². The smallest absolute Gasteiger partial charge is 0.258 e. The van der Waals surface area contributed by atoms with Gasteiger partial charge in [-0.2, -0.15) is 0 Å². The Kier molecular flexibility index (Phi) is 13.3. The fraction of sp³-hybridized carbons (Fsp3) is 0.583. The largest absolute Gasteiger partial charge is 0.488 e. The topological polar surface area (TPSA) is 137 Å². The number of aliphatic hydroxyl groups is 1. The number of amides is 3. The molecule has 3 atom stereocenters. The second-order valence-corrected chi connectivity index (χ2v) is 13.3. The molecule has 1 aliphatic heterocycles. The molecule has 3 amide bonds. The highest BCUT2D eigenvalue weighted by Crippen LogP contribution is 2.31. The summed E-state index contributed by atoms with van der Waals surface area (Å²) in [5.74, 6) is 0.791. The molecule has 1 saturated carbocycles. The van der Waals surface area contributed by atoms with E-state index in [2.05, 4.69) is 29.5 Å². The van der Waals surface area contributed by atoms with Gasteiger partial charge in [0, 0.05) is 44.1 Å². The molecule has 1 aliphatic carbocycles. The van der Waals surface area contributed by atoms with Gasteiger partial charge in [0.15, 0.2) is 0 Å². The summed E-state index contributed by atoms with van der Waals surface area (Å²) >= 11 is 0. The maximum absolute atomic E-state index is 13.8. The fourth-order valence-corrected chi connectivity index (χ4v) is 6.51. The van der Waals surface area contributed by atoms with Crippen LogP contribution in [-0.2, 0) is 9.59 Å². The Labute approximate surface area is 274 Å². The van der Waals surface area contributed by atoms with Gasteiger partial charge in [0.25, 0.3) is 5.91 Å². The minimum atomic E-state index is -0.355. The Hall–Kier alpha value is -3.63. The van der Waals surface area contributed by atoms with Crippen molar-refractivity contribution in [1.29, 1.82) is 0 Å². The molecule has 46 heavy (non-hydrogen) atoms. The van der Waals surface area contributed by atoms with Crippen molar-refractivity contribution in [2.24, 2.45) is 11.8 Å². The number of rotatable bonds is 14. The minimum absolute atomic E-state index is 0.0573. The monoisotopic (exact) mass is 635 g/mol. The third kappa shape index (κ3) is 10.2. The Balaban J connectivity index is 1.33. The molecule has 4 rings (SSSR count). The number of hydrogen-bond acceptors (Lipinski definition) is 7. The first-order valence-corrected chi connectivity index (χ1v) is 17.0. The van der Waals surface area contributed by atoms with Crippen LogP contribution in [0.5, 0.6) is 5.75 Å². The predicted molar refractivity (Wildman–Crippen MR) is 183 cm³/mol. The van der Waals surface area contributed by atoms with Crippen LogP contribution in [0.1, 0.15) is 88.4 Å². The second kappa shape index (κ2) is 17.3. The lowest BCUT2D eigenvalue weighted by Crippen LogP contribution is -2.50. The minimum Gasteiger partial charge on any atom is -0.488 e. The Bertz CT molecular complexity index is 1310. The molecule has 5 N–H and O–H groups in total. The molecule has 10 heteroatoms. The van der Waals surface area contributed by atoms with E-state index < -0.39 is 0 Å². The van der Waals surface area contributed by atoms with E-state index in [1.807, 2.05) is 19.1 Å². The molecule has 1 heterocycles. The van der Waals surface area contributed by atoms with Gasteiger partial charge >= 0.3 is 0 Å². The van der Waals surface area contributed by atoms with Crippen LogP contribution in [0.2, 0.25) is 0 Å². The number of nitrogens with two attached hydrogens (primary N) is 1. The lowest BCUT2D eigenvalue weighted by atomic mass is 9.89. The number of nitrogen functional groups attached to an aromatic ring is 1. The van der Waals surface area contributed by atoms with E-state index in [9.17, 15) is 19.5 Å². The zero-order chi connectivity index (χ0) is 33.1. The number of hydrogen-bond donors (Lipinski definition) is 4. The van der Waals surface area contributed by atoms with Gasteiger partial charge < -0.3 is 36.0 Å². The highest BCUT2D eigenvalue weighted by Gasteiger charge is 2.34. The fourth-order valence-electron chi connectivity index (χ4n) is 6.51. The lowest BCUT2D eigenvalue weighted by Gasteiger charge is -2.38. The van der Waals surface area contributed by atoms with Crippen LogP contribution >= 0.6 is 0 Å². The average molecular weight is 636 g/mol. The van der Waals surface area contributed by atoms with Crippen molar-refractivity contribution in [1.82, 2.24) is 9.80 Å². The summed E-state index contributed by atoms with van der Waals surface area (Å²) in [6.07, 6.45) is 9.04. The zero-order valence-electron chi connectivity index (χ0n) is 27.8. The van der Waals surface area contributed by atoms with Gasteiger partial charge in [-0.15, -0.1) is 0 Å². The van der Waals surface area contributed by atoms with Crippen LogP contribution in [0.4, 0.5) is 17.1 Å². The Morgan fingerprint density at radius 2 is 1.72 bits per heavy atom. The number of anilines is 3. The number of nitrogens with zero attached hydrogens (tertiary/aromatic N) is 2. The van der Waals surface area contributed by atoms with Crippen molar-refractivity contribution >= 4 is 34.8 Å². The standard InChI is InChI=1S/C36H53N5O5/c1-25-21-41(26(2)24-42)36(45)29-20-28(18-19-32(29)46-33(25)23-40(3)22-27-12-6-4-7-13-27)38-34(43)16-8-5-9-17-35(44)39-31-15-11-10-14-30(31)37/h10-11,14-15,18-20,25-27,33,42H,4-9,12-13,16-17,21-24,37H2,1-3H3,(H,38,43)(H,39,44)/t25-,26+,33+/m0/s1. The van der Waals surface area contributed by atoms with Gasteiger partial charge in [-0.25, -0.2) is 0 Å². The summed E-state index contributed by atoms with van der Waals surface area (Å²) < 4.78 is 6.55. The number of carbonyl (C=O) groups is 3. The molecule has 0 unspecified atom stereocenters. The number of fused-ring (bicyclic) bond motifs is 1. The third-order valence-electron chi connectivity index (χ3n) is 9.28. The van der Waals surface area contributed by atoms with E-state index in [-0.39, 0.29) is 42.4 Å². The number of unbranched alkanes of at least 4 members (excludes halogenated alkanes) is 2. The van der Waals surface area contributed by atoms with Crippen molar-refractivity contribution in [3.8, 4) is 5.75 Å². The highest BCUT2D eigenvalue weighted by atomic mass is 16.5. The van der Waals surface area contributed by atoms with Crippen LogP contribution in [0, 0.1) is 11.8 Å². The van der Waals surface area contributed by atoms with Gasteiger partial charge in [0.05, 0.1) is 29.6 Å². The van der Waals surface area contributed by atoms with E-state index in [1.54, 1.807) is 35.2 Å². The number of nitrogens with one attached hydrogen (secondary N) is 2. The molecule has 1 fully saturated rings. The maximum atomic E-state index is 13.8. The number of benzene rings is 2. The van der Waals surface area contributed by atoms with Gasteiger partial charge in [-0.3, -0.25) is 14.4 Å². The molecule has 0 saturated heterocycles. The first-order chi connectivity index (χ1) is 22.1. The van der Waals surface area contributed by atoms with Gasteiger partial charge in [0.2, 0.25) is 11.8 Å². The van der Waals surface area contributed by atoms with Gasteiger partial charge in [-0.05, 0) is 75.9 Å². The molecule has 0 radical (unpaired) electrons. The molecule has 10 nitrogen and oxygen atoms in total. The summed E-state index contributed by atoms with van der Waals surface area (Å²) in [5.41, 5.74) is 7.92. The zero-order valence-corrected chi connectivity index (χ0v) is 27.8. The van der Waals surface area contributed by atoms with E-state index >= 15 is 0 Å².